The van der Waals surface area contributed by atoms with Gasteiger partial charge in [0.2, 0.25) is 0 Å². The SMILES string of the molecule is CCC1COCCN1c1ncc(N)cc1Br. The van der Waals surface area contributed by atoms with Crippen LogP contribution in [0.4, 0.5) is 11.5 Å². The van der Waals surface area contributed by atoms with Crippen LogP contribution in [0.2, 0.25) is 0 Å². The molecule has 1 aliphatic rings. The van der Waals surface area contributed by atoms with Gasteiger partial charge in [-0.05, 0) is 28.4 Å². The fraction of sp³-hybridized carbons (Fsp3) is 0.545. The zero-order chi connectivity index (χ0) is 11.5. The van der Waals surface area contributed by atoms with Gasteiger partial charge in [0.05, 0.1) is 35.6 Å². The molecule has 4 nitrogen and oxygen atoms in total. The highest BCUT2D eigenvalue weighted by molar-refractivity contribution is 9.10. The van der Waals surface area contributed by atoms with E-state index in [1.807, 2.05) is 6.07 Å². The Morgan fingerprint density at radius 3 is 3.19 bits per heavy atom. The molecule has 0 aliphatic carbocycles. The molecular weight excluding hydrogens is 270 g/mol. The van der Waals surface area contributed by atoms with Gasteiger partial charge in [0.15, 0.2) is 0 Å². The second-order valence-corrected chi connectivity index (χ2v) is 4.76. The second kappa shape index (κ2) is 5.01. The monoisotopic (exact) mass is 285 g/mol. The summed E-state index contributed by atoms with van der Waals surface area (Å²) in [6, 6.07) is 2.30. The summed E-state index contributed by atoms with van der Waals surface area (Å²) >= 11 is 3.51. The second-order valence-electron chi connectivity index (χ2n) is 3.90. The first kappa shape index (κ1) is 11.7. The Kier molecular flexibility index (Phi) is 3.66. The van der Waals surface area contributed by atoms with Gasteiger partial charge in [-0.25, -0.2) is 4.98 Å². The summed E-state index contributed by atoms with van der Waals surface area (Å²) in [5.41, 5.74) is 6.37. The molecule has 1 aliphatic heterocycles. The Morgan fingerprint density at radius 2 is 2.50 bits per heavy atom. The first-order valence-corrected chi connectivity index (χ1v) is 6.27. The van der Waals surface area contributed by atoms with Crippen LogP contribution in [-0.4, -0.2) is 30.8 Å². The predicted octanol–water partition coefficient (Wildman–Crippen LogP) is 2.04. The molecule has 0 amide bonds. The van der Waals surface area contributed by atoms with Crippen molar-refractivity contribution in [3.63, 3.8) is 0 Å². The molecule has 1 fully saturated rings. The lowest BCUT2D eigenvalue weighted by molar-refractivity contribution is 0.0925. The molecule has 1 aromatic heterocycles. The Labute approximate surface area is 104 Å². The van der Waals surface area contributed by atoms with Crippen LogP contribution in [0.3, 0.4) is 0 Å². The van der Waals surface area contributed by atoms with Crippen molar-refractivity contribution < 1.29 is 4.74 Å². The number of nitrogens with two attached hydrogens (primary N) is 1. The topological polar surface area (TPSA) is 51.4 Å². The quantitative estimate of drug-likeness (QED) is 0.904. The van der Waals surface area contributed by atoms with E-state index in [0.717, 1.165) is 36.5 Å². The van der Waals surface area contributed by atoms with Crippen LogP contribution < -0.4 is 10.6 Å². The Bertz CT molecular complexity index is 372. The molecule has 1 aromatic rings. The number of morpholine rings is 1. The largest absolute Gasteiger partial charge is 0.397 e. The van der Waals surface area contributed by atoms with Crippen LogP contribution >= 0.6 is 15.9 Å². The zero-order valence-corrected chi connectivity index (χ0v) is 10.9. The van der Waals surface area contributed by atoms with Gasteiger partial charge < -0.3 is 15.4 Å². The van der Waals surface area contributed by atoms with Crippen LogP contribution in [0, 0.1) is 0 Å². The minimum atomic E-state index is 0.404. The van der Waals surface area contributed by atoms with E-state index in [1.54, 1.807) is 6.20 Å². The van der Waals surface area contributed by atoms with Gasteiger partial charge in [-0.1, -0.05) is 6.92 Å². The number of hydrogen-bond donors (Lipinski definition) is 1. The summed E-state index contributed by atoms with van der Waals surface area (Å²) in [4.78, 5) is 6.68. The Morgan fingerprint density at radius 1 is 1.69 bits per heavy atom. The lowest BCUT2D eigenvalue weighted by Crippen LogP contribution is -2.45. The molecule has 88 valence electrons. The van der Waals surface area contributed by atoms with Crippen LogP contribution in [0.15, 0.2) is 16.7 Å². The molecule has 0 saturated carbocycles. The van der Waals surface area contributed by atoms with Gasteiger partial charge in [0.1, 0.15) is 5.82 Å². The van der Waals surface area contributed by atoms with E-state index in [-0.39, 0.29) is 0 Å². The first-order valence-electron chi connectivity index (χ1n) is 5.47. The van der Waals surface area contributed by atoms with E-state index < -0.39 is 0 Å². The van der Waals surface area contributed by atoms with Crippen molar-refractivity contribution in [2.45, 2.75) is 19.4 Å². The average Bonchev–Trinajstić information content (AvgIpc) is 2.29. The number of aromatic nitrogens is 1. The van der Waals surface area contributed by atoms with Crippen molar-refractivity contribution in [1.82, 2.24) is 4.98 Å². The molecule has 0 radical (unpaired) electrons. The number of nitrogens with zero attached hydrogens (tertiary/aromatic N) is 2. The van der Waals surface area contributed by atoms with Gasteiger partial charge in [-0.2, -0.15) is 0 Å². The number of rotatable bonds is 2. The molecule has 1 saturated heterocycles. The highest BCUT2D eigenvalue weighted by Gasteiger charge is 2.24. The molecule has 16 heavy (non-hydrogen) atoms. The smallest absolute Gasteiger partial charge is 0.143 e. The number of nitrogen functional groups attached to an aromatic ring is 1. The Balaban J connectivity index is 2.27. The molecule has 0 bridgehead atoms. The lowest BCUT2D eigenvalue weighted by Gasteiger charge is -2.36. The van der Waals surface area contributed by atoms with Crippen molar-refractivity contribution in [3.05, 3.63) is 16.7 Å². The normalized spacial score (nSPS) is 21.1. The molecule has 1 atom stereocenters. The van der Waals surface area contributed by atoms with E-state index in [1.165, 1.54) is 0 Å². The maximum atomic E-state index is 5.69. The summed E-state index contributed by atoms with van der Waals surface area (Å²) in [7, 11) is 0. The zero-order valence-electron chi connectivity index (χ0n) is 9.32. The number of ether oxygens (including phenoxy) is 1. The number of anilines is 2. The third-order valence-corrected chi connectivity index (χ3v) is 3.40. The van der Waals surface area contributed by atoms with Crippen LogP contribution in [0.1, 0.15) is 13.3 Å². The van der Waals surface area contributed by atoms with Crippen LogP contribution in [-0.2, 0) is 4.74 Å². The van der Waals surface area contributed by atoms with Crippen molar-refractivity contribution in [3.8, 4) is 0 Å². The lowest BCUT2D eigenvalue weighted by atomic mass is 10.2. The molecule has 0 aromatic carbocycles. The Hall–Kier alpha value is -0.810. The van der Waals surface area contributed by atoms with E-state index in [4.69, 9.17) is 10.5 Å². The summed E-state index contributed by atoms with van der Waals surface area (Å²) in [5.74, 6) is 0.962. The maximum absolute atomic E-state index is 5.69. The maximum Gasteiger partial charge on any atom is 0.143 e. The third-order valence-electron chi connectivity index (χ3n) is 2.81. The van der Waals surface area contributed by atoms with Crippen molar-refractivity contribution in [2.75, 3.05) is 30.4 Å². The summed E-state index contributed by atoms with van der Waals surface area (Å²) in [6.45, 7) is 4.58. The highest BCUT2D eigenvalue weighted by atomic mass is 79.9. The highest BCUT2D eigenvalue weighted by Crippen LogP contribution is 2.28. The van der Waals surface area contributed by atoms with E-state index in [0.29, 0.717) is 11.7 Å². The van der Waals surface area contributed by atoms with Gasteiger partial charge in [0, 0.05) is 6.54 Å². The fourth-order valence-corrected chi connectivity index (χ4v) is 2.52. The van der Waals surface area contributed by atoms with E-state index in [2.05, 4.69) is 32.7 Å². The van der Waals surface area contributed by atoms with E-state index >= 15 is 0 Å². The average molecular weight is 286 g/mol. The standard InChI is InChI=1S/C11H16BrN3O/c1-2-9-7-16-4-3-15(9)11-10(12)5-8(13)6-14-11/h5-6,9H,2-4,7,13H2,1H3. The van der Waals surface area contributed by atoms with E-state index in [9.17, 15) is 0 Å². The van der Waals surface area contributed by atoms with Gasteiger partial charge in [-0.15, -0.1) is 0 Å². The molecule has 2 rings (SSSR count). The van der Waals surface area contributed by atoms with Crippen molar-refractivity contribution >= 4 is 27.4 Å². The summed E-state index contributed by atoms with van der Waals surface area (Å²) < 4.78 is 6.43. The van der Waals surface area contributed by atoms with Crippen molar-refractivity contribution in [1.29, 1.82) is 0 Å². The predicted molar refractivity (Wildman–Crippen MR) is 68.6 cm³/mol. The minimum absolute atomic E-state index is 0.404. The van der Waals surface area contributed by atoms with Crippen LogP contribution in [0.5, 0.6) is 0 Å². The molecule has 1 unspecified atom stereocenters. The van der Waals surface area contributed by atoms with Gasteiger partial charge in [0.25, 0.3) is 0 Å². The fourth-order valence-electron chi connectivity index (χ4n) is 1.93. The van der Waals surface area contributed by atoms with Gasteiger partial charge in [-0.3, -0.25) is 0 Å². The number of halogens is 1. The molecule has 2 N–H and O–H groups in total. The molecule has 2 heterocycles. The molecule has 5 heteroatoms. The van der Waals surface area contributed by atoms with Gasteiger partial charge >= 0.3 is 0 Å². The number of hydrogen-bond acceptors (Lipinski definition) is 4. The molecule has 0 spiro atoms. The minimum Gasteiger partial charge on any atom is -0.397 e. The van der Waals surface area contributed by atoms with Crippen LogP contribution in [0.25, 0.3) is 0 Å². The van der Waals surface area contributed by atoms with Crippen molar-refractivity contribution in [2.24, 2.45) is 0 Å². The first-order chi connectivity index (χ1) is 7.72. The molecular formula is C11H16BrN3O. The third kappa shape index (κ3) is 2.30. The summed E-state index contributed by atoms with van der Waals surface area (Å²) in [6.07, 6.45) is 2.75. The number of pyridine rings is 1. The summed E-state index contributed by atoms with van der Waals surface area (Å²) in [5, 5.41) is 0.